The van der Waals surface area contributed by atoms with E-state index in [0.717, 1.165) is 19.3 Å². The number of sulfonamides is 1. The van der Waals surface area contributed by atoms with Crippen molar-refractivity contribution in [2.75, 3.05) is 32.4 Å². The summed E-state index contributed by atoms with van der Waals surface area (Å²) in [5.41, 5.74) is 1.68. The van der Waals surface area contributed by atoms with Crippen LogP contribution >= 0.6 is 0 Å². The van der Waals surface area contributed by atoms with Crippen LogP contribution in [0.1, 0.15) is 76.2 Å². The van der Waals surface area contributed by atoms with Crippen LogP contribution in [0, 0.1) is 11.8 Å². The van der Waals surface area contributed by atoms with Crippen molar-refractivity contribution >= 4 is 29.0 Å². The number of benzene rings is 1. The van der Waals surface area contributed by atoms with Gasteiger partial charge in [0.25, 0.3) is 5.91 Å². The SMILES string of the molecule is C.CCCCc1ccc(C(=O)N[C@@H](CNC(=O)C2CCN(S(C)(=O)=O)CC2)CN[C@@H](CC(C)C)B(O)O)cc1. The molecule has 222 valence electrons. The zero-order valence-corrected chi connectivity index (χ0v) is 24.0. The van der Waals surface area contributed by atoms with Crippen molar-refractivity contribution in [2.24, 2.45) is 11.8 Å². The molecule has 1 aliphatic heterocycles. The average Bonchev–Trinajstić information content (AvgIpc) is 2.87. The number of piperidine rings is 1. The van der Waals surface area contributed by atoms with E-state index < -0.39 is 29.1 Å². The summed E-state index contributed by atoms with van der Waals surface area (Å²) in [4.78, 5) is 25.8. The lowest BCUT2D eigenvalue weighted by Gasteiger charge is -2.30. The molecule has 5 N–H and O–H groups in total. The van der Waals surface area contributed by atoms with Gasteiger partial charge in [-0.1, -0.05) is 46.8 Å². The molecule has 2 atom stereocenters. The van der Waals surface area contributed by atoms with Gasteiger partial charge in [0.2, 0.25) is 15.9 Å². The standard InChI is InChI=1S/C26H45BN4O6S.CH4/c1-5-6-7-20-8-10-21(11-9-20)26(33)30-23(17-28-24(27(34)35)16-19(2)3)18-29-25(32)22-12-14-31(15-13-22)38(4,36)37;/h8-11,19,22-24,28,34-35H,5-7,12-18H2,1-4H3,(H,29,32)(H,30,33);1H4/t23-,24+;/m1./s1. The van der Waals surface area contributed by atoms with Crippen LogP contribution in [-0.4, -0.2) is 86.1 Å². The van der Waals surface area contributed by atoms with Crippen molar-refractivity contribution in [3.8, 4) is 0 Å². The number of nitrogens with one attached hydrogen (secondary N) is 3. The van der Waals surface area contributed by atoms with E-state index in [1.165, 1.54) is 16.1 Å². The third-order valence-electron chi connectivity index (χ3n) is 6.90. The second-order valence-electron chi connectivity index (χ2n) is 10.7. The van der Waals surface area contributed by atoms with E-state index >= 15 is 0 Å². The molecule has 1 aliphatic rings. The first kappa shape index (κ1) is 35.0. The molecule has 0 aromatic heterocycles. The predicted octanol–water partition coefficient (Wildman–Crippen LogP) is 1.57. The number of hydrogen-bond donors (Lipinski definition) is 5. The molecular formula is C27H49BN4O6S. The highest BCUT2D eigenvalue weighted by molar-refractivity contribution is 7.88. The van der Waals surface area contributed by atoms with Crippen LogP contribution in [0.25, 0.3) is 0 Å². The molecule has 10 nitrogen and oxygen atoms in total. The Morgan fingerprint density at radius 3 is 2.23 bits per heavy atom. The Bertz CT molecular complexity index is 982. The first-order valence-corrected chi connectivity index (χ1v) is 15.5. The molecular weight excluding hydrogens is 519 g/mol. The van der Waals surface area contributed by atoms with Crippen LogP contribution in [0.5, 0.6) is 0 Å². The van der Waals surface area contributed by atoms with Crippen LogP contribution in [0.3, 0.4) is 0 Å². The molecule has 2 rings (SSSR count). The molecule has 0 spiro atoms. The quantitative estimate of drug-likeness (QED) is 0.202. The number of carbonyl (C=O) groups excluding carboxylic acids is 2. The zero-order chi connectivity index (χ0) is 28.3. The zero-order valence-electron chi connectivity index (χ0n) is 23.2. The van der Waals surface area contributed by atoms with Gasteiger partial charge < -0.3 is 26.0 Å². The Hall–Kier alpha value is -1.99. The fourth-order valence-electron chi connectivity index (χ4n) is 4.58. The van der Waals surface area contributed by atoms with Gasteiger partial charge in [0.05, 0.1) is 12.3 Å². The van der Waals surface area contributed by atoms with Crippen LogP contribution in [0.4, 0.5) is 0 Å². The summed E-state index contributed by atoms with van der Waals surface area (Å²) in [6.07, 6.45) is 5.71. The molecule has 1 heterocycles. The summed E-state index contributed by atoms with van der Waals surface area (Å²) >= 11 is 0. The number of amides is 2. The average molecular weight is 569 g/mol. The number of rotatable bonds is 15. The van der Waals surface area contributed by atoms with E-state index in [0.29, 0.717) is 37.9 Å². The van der Waals surface area contributed by atoms with E-state index in [2.05, 4.69) is 22.9 Å². The Morgan fingerprint density at radius 2 is 1.72 bits per heavy atom. The molecule has 0 unspecified atom stereocenters. The highest BCUT2D eigenvalue weighted by Gasteiger charge is 2.30. The van der Waals surface area contributed by atoms with Crippen molar-refractivity contribution in [2.45, 2.75) is 78.7 Å². The third kappa shape index (κ3) is 12.4. The van der Waals surface area contributed by atoms with Crippen molar-refractivity contribution in [1.82, 2.24) is 20.3 Å². The first-order valence-electron chi connectivity index (χ1n) is 13.6. The molecule has 2 amide bonds. The predicted molar refractivity (Wildman–Crippen MR) is 157 cm³/mol. The lowest BCUT2D eigenvalue weighted by Crippen LogP contribution is -2.54. The Balaban J connectivity index is 0.00000760. The van der Waals surface area contributed by atoms with Gasteiger partial charge in [0.1, 0.15) is 0 Å². The van der Waals surface area contributed by atoms with Crippen LogP contribution in [0.2, 0.25) is 0 Å². The van der Waals surface area contributed by atoms with Crippen LogP contribution < -0.4 is 16.0 Å². The summed E-state index contributed by atoms with van der Waals surface area (Å²) < 4.78 is 24.9. The monoisotopic (exact) mass is 568 g/mol. The minimum Gasteiger partial charge on any atom is -0.426 e. The summed E-state index contributed by atoms with van der Waals surface area (Å²) in [5.74, 6) is -1.12. The largest absolute Gasteiger partial charge is 0.469 e. The molecule has 1 aromatic carbocycles. The Labute approximate surface area is 235 Å². The van der Waals surface area contributed by atoms with Gasteiger partial charge in [0, 0.05) is 43.6 Å². The Morgan fingerprint density at radius 1 is 1.10 bits per heavy atom. The summed E-state index contributed by atoms with van der Waals surface area (Å²) in [7, 11) is -4.83. The van der Waals surface area contributed by atoms with Crippen molar-refractivity contribution in [1.29, 1.82) is 0 Å². The molecule has 0 aliphatic carbocycles. The van der Waals surface area contributed by atoms with Crippen LogP contribution in [-0.2, 0) is 21.2 Å². The molecule has 0 saturated carbocycles. The smallest absolute Gasteiger partial charge is 0.426 e. The minimum absolute atomic E-state index is 0. The summed E-state index contributed by atoms with van der Waals surface area (Å²) in [5, 5.41) is 28.5. The van der Waals surface area contributed by atoms with E-state index in [-0.39, 0.29) is 44.2 Å². The lowest BCUT2D eigenvalue weighted by molar-refractivity contribution is -0.126. The maximum absolute atomic E-state index is 13.0. The summed E-state index contributed by atoms with van der Waals surface area (Å²) in [6.45, 7) is 7.08. The van der Waals surface area contributed by atoms with Gasteiger partial charge in [-0.05, 0) is 55.7 Å². The number of carbonyl (C=O) groups is 2. The maximum Gasteiger partial charge on any atom is 0.469 e. The van der Waals surface area contributed by atoms with E-state index in [4.69, 9.17) is 0 Å². The lowest BCUT2D eigenvalue weighted by atomic mass is 9.75. The topological polar surface area (TPSA) is 148 Å². The maximum atomic E-state index is 13.0. The first-order chi connectivity index (χ1) is 17.9. The number of unbranched alkanes of at least 4 members (excludes halogenated alkanes) is 1. The number of aryl methyl sites for hydroxylation is 1. The van der Waals surface area contributed by atoms with Gasteiger partial charge >= 0.3 is 7.12 Å². The van der Waals surface area contributed by atoms with Gasteiger partial charge in [-0.15, -0.1) is 0 Å². The van der Waals surface area contributed by atoms with Gasteiger partial charge in [-0.3, -0.25) is 9.59 Å². The minimum atomic E-state index is -3.27. The van der Waals surface area contributed by atoms with Gasteiger partial charge in [0.15, 0.2) is 0 Å². The molecule has 1 fully saturated rings. The number of hydrogen-bond acceptors (Lipinski definition) is 7. The second-order valence-corrected chi connectivity index (χ2v) is 12.7. The molecule has 12 heteroatoms. The van der Waals surface area contributed by atoms with E-state index in [9.17, 15) is 28.1 Å². The molecule has 0 radical (unpaired) electrons. The van der Waals surface area contributed by atoms with Crippen molar-refractivity contribution in [3.63, 3.8) is 0 Å². The Kier molecular flexibility index (Phi) is 15.2. The van der Waals surface area contributed by atoms with E-state index in [1.807, 2.05) is 26.0 Å². The molecule has 1 saturated heterocycles. The van der Waals surface area contributed by atoms with Crippen LogP contribution in [0.15, 0.2) is 24.3 Å². The molecule has 0 bridgehead atoms. The normalized spacial score (nSPS) is 16.3. The third-order valence-corrected chi connectivity index (χ3v) is 8.20. The summed E-state index contributed by atoms with van der Waals surface area (Å²) in [6, 6.07) is 6.97. The molecule has 1 aromatic rings. The van der Waals surface area contributed by atoms with E-state index in [1.54, 1.807) is 12.1 Å². The van der Waals surface area contributed by atoms with Gasteiger partial charge in [-0.25, -0.2) is 12.7 Å². The molecule has 39 heavy (non-hydrogen) atoms. The van der Waals surface area contributed by atoms with Gasteiger partial charge in [-0.2, -0.15) is 0 Å². The highest BCUT2D eigenvalue weighted by Crippen LogP contribution is 2.19. The number of nitrogens with zero attached hydrogens (tertiary/aromatic N) is 1. The fraction of sp³-hybridized carbons (Fsp3) is 0.704. The fourth-order valence-corrected chi connectivity index (χ4v) is 5.45. The van der Waals surface area contributed by atoms with Crippen molar-refractivity contribution in [3.05, 3.63) is 35.4 Å². The van der Waals surface area contributed by atoms with Crippen molar-refractivity contribution < 1.29 is 28.1 Å². The second kappa shape index (κ2) is 17.0. The highest BCUT2D eigenvalue weighted by atomic mass is 32.2.